The van der Waals surface area contributed by atoms with Crippen molar-refractivity contribution in [1.82, 2.24) is 9.88 Å². The first-order valence-corrected chi connectivity index (χ1v) is 8.91. The summed E-state index contributed by atoms with van der Waals surface area (Å²) in [5.41, 5.74) is 2.20. The van der Waals surface area contributed by atoms with Crippen LogP contribution in [-0.4, -0.2) is 52.7 Å². The van der Waals surface area contributed by atoms with Gasteiger partial charge in [-0.3, -0.25) is 0 Å². The molecule has 2 aromatic rings. The van der Waals surface area contributed by atoms with Crippen LogP contribution in [0, 0.1) is 0 Å². The van der Waals surface area contributed by atoms with E-state index in [4.69, 9.17) is 14.9 Å². The number of hydrogen-bond acceptors (Lipinski definition) is 7. The second-order valence-electron chi connectivity index (χ2n) is 5.71. The highest BCUT2D eigenvalue weighted by molar-refractivity contribution is 7.15. The third-order valence-electron chi connectivity index (χ3n) is 3.64. The molecule has 3 rings (SSSR count). The maximum Gasteiger partial charge on any atom is 0.328 e. The number of para-hydroxylation sites is 2. The Hall–Kier alpha value is -2.91. The minimum Gasteiger partial charge on any atom is -0.495 e. The number of ether oxygens (including phenoxy) is 1. The fraction of sp³-hybridized carbons (Fsp3) is 0.278. The number of anilines is 2. The number of carboxylic acids is 2. The van der Waals surface area contributed by atoms with Crippen LogP contribution in [0.1, 0.15) is 10.6 Å². The van der Waals surface area contributed by atoms with Crippen molar-refractivity contribution < 1.29 is 24.5 Å². The molecule has 0 aliphatic carbocycles. The zero-order valence-electron chi connectivity index (χ0n) is 15.0. The molecule has 8 nitrogen and oxygen atoms in total. The van der Waals surface area contributed by atoms with Gasteiger partial charge in [-0.1, -0.05) is 12.1 Å². The van der Waals surface area contributed by atoms with Crippen molar-refractivity contribution in [2.24, 2.45) is 0 Å². The van der Waals surface area contributed by atoms with Gasteiger partial charge in [-0.25, -0.2) is 14.6 Å². The largest absolute Gasteiger partial charge is 0.495 e. The summed E-state index contributed by atoms with van der Waals surface area (Å²) in [4.78, 5) is 27.5. The lowest BCUT2D eigenvalue weighted by atomic mass is 10.2. The van der Waals surface area contributed by atoms with Crippen molar-refractivity contribution in [3.8, 4) is 5.75 Å². The minimum absolute atomic E-state index is 0.558. The molecule has 0 radical (unpaired) electrons. The van der Waals surface area contributed by atoms with Crippen LogP contribution in [0.5, 0.6) is 5.75 Å². The molecule has 9 heteroatoms. The van der Waals surface area contributed by atoms with Crippen molar-refractivity contribution in [2.75, 3.05) is 26.0 Å². The fourth-order valence-electron chi connectivity index (χ4n) is 2.38. The second-order valence-corrected chi connectivity index (χ2v) is 6.80. The zero-order chi connectivity index (χ0) is 19.8. The summed E-state index contributed by atoms with van der Waals surface area (Å²) in [7, 11) is 3.83. The number of carbonyl (C=O) groups is 2. The minimum atomic E-state index is -1.26. The Balaban J connectivity index is 0.000000279. The molecular weight excluding hydrogens is 370 g/mol. The number of rotatable bonds is 5. The summed E-state index contributed by atoms with van der Waals surface area (Å²) in [5, 5.41) is 19.9. The number of benzene rings is 1. The molecule has 0 spiro atoms. The molecule has 0 unspecified atom stereocenters. The van der Waals surface area contributed by atoms with Crippen molar-refractivity contribution in [3.63, 3.8) is 0 Å². The van der Waals surface area contributed by atoms with Crippen LogP contribution in [0.15, 0.2) is 36.4 Å². The zero-order valence-corrected chi connectivity index (χ0v) is 15.8. The van der Waals surface area contributed by atoms with Crippen molar-refractivity contribution in [3.05, 3.63) is 47.0 Å². The van der Waals surface area contributed by atoms with E-state index < -0.39 is 11.9 Å². The Labute approximate surface area is 160 Å². The van der Waals surface area contributed by atoms with E-state index in [0.717, 1.165) is 36.1 Å². The quantitative estimate of drug-likeness (QED) is 0.667. The first-order chi connectivity index (χ1) is 12.9. The van der Waals surface area contributed by atoms with E-state index in [0.29, 0.717) is 12.2 Å². The topological polar surface area (TPSA) is 112 Å². The molecule has 1 aromatic heterocycles. The van der Waals surface area contributed by atoms with E-state index in [1.165, 1.54) is 10.6 Å². The van der Waals surface area contributed by atoms with E-state index in [1.54, 1.807) is 18.4 Å². The Morgan fingerprint density at radius 3 is 2.56 bits per heavy atom. The van der Waals surface area contributed by atoms with Gasteiger partial charge in [0.05, 0.1) is 18.5 Å². The van der Waals surface area contributed by atoms with Crippen LogP contribution in [0.2, 0.25) is 0 Å². The Morgan fingerprint density at radius 1 is 1.26 bits per heavy atom. The standard InChI is InChI=1S/C14H17N3OS.C4H4O4/c1-17-8-7-11-13(9-17)19-14(16-11)15-10-5-3-4-6-12(10)18-2;5-3(6)1-2-4(7)8/h3-6H,7-9H2,1-2H3,(H,15,16);1-2H,(H,5,6)(H,7,8)/b;2-1+. The van der Waals surface area contributed by atoms with E-state index in [1.807, 2.05) is 24.3 Å². The number of methoxy groups -OCH3 is 1. The lowest BCUT2D eigenvalue weighted by Gasteiger charge is -2.20. The molecule has 0 atom stereocenters. The second kappa shape index (κ2) is 9.70. The van der Waals surface area contributed by atoms with Gasteiger partial charge in [-0.05, 0) is 19.2 Å². The number of carboxylic acid groups (broad SMARTS) is 2. The monoisotopic (exact) mass is 391 g/mol. The Morgan fingerprint density at radius 2 is 1.93 bits per heavy atom. The molecule has 3 N–H and O–H groups in total. The van der Waals surface area contributed by atoms with Crippen molar-refractivity contribution in [2.45, 2.75) is 13.0 Å². The molecule has 0 fully saturated rings. The van der Waals surface area contributed by atoms with E-state index in [-0.39, 0.29) is 0 Å². The summed E-state index contributed by atoms with van der Waals surface area (Å²) in [6.07, 6.45) is 2.15. The maximum absolute atomic E-state index is 9.55. The van der Waals surface area contributed by atoms with Crippen molar-refractivity contribution in [1.29, 1.82) is 0 Å². The van der Waals surface area contributed by atoms with Gasteiger partial charge in [-0.2, -0.15) is 0 Å². The van der Waals surface area contributed by atoms with Gasteiger partial charge in [0.1, 0.15) is 5.75 Å². The summed E-state index contributed by atoms with van der Waals surface area (Å²) in [6, 6.07) is 7.91. The Bertz CT molecular complexity index is 818. The smallest absolute Gasteiger partial charge is 0.328 e. The molecule has 1 aliphatic heterocycles. The summed E-state index contributed by atoms with van der Waals surface area (Å²) in [5.74, 6) is -1.67. The molecule has 0 saturated heterocycles. The van der Waals surface area contributed by atoms with E-state index >= 15 is 0 Å². The predicted octanol–water partition coefficient (Wildman–Crippen LogP) is 2.59. The molecule has 0 amide bonds. The van der Waals surface area contributed by atoms with E-state index in [2.05, 4.69) is 22.2 Å². The molecule has 2 heterocycles. The molecule has 1 aromatic carbocycles. The number of aliphatic carboxylic acids is 2. The molecular formula is C18H21N3O5S. The maximum atomic E-state index is 9.55. The van der Waals surface area contributed by atoms with E-state index in [9.17, 15) is 9.59 Å². The van der Waals surface area contributed by atoms with Crippen LogP contribution in [0.25, 0.3) is 0 Å². The molecule has 1 aliphatic rings. The first kappa shape index (κ1) is 20.4. The van der Waals surface area contributed by atoms with Crippen LogP contribution < -0.4 is 10.1 Å². The highest BCUT2D eigenvalue weighted by Crippen LogP contribution is 2.32. The van der Waals surface area contributed by atoms with Gasteiger partial charge < -0.3 is 25.2 Å². The first-order valence-electron chi connectivity index (χ1n) is 8.10. The Kier molecular flexibility index (Phi) is 7.33. The van der Waals surface area contributed by atoms with Gasteiger partial charge in [0.25, 0.3) is 0 Å². The van der Waals surface area contributed by atoms with Gasteiger partial charge in [0.2, 0.25) is 0 Å². The highest BCUT2D eigenvalue weighted by atomic mass is 32.1. The van der Waals surface area contributed by atoms with Crippen LogP contribution >= 0.6 is 11.3 Å². The molecule has 0 saturated carbocycles. The van der Waals surface area contributed by atoms with Crippen LogP contribution in [0.4, 0.5) is 10.8 Å². The van der Waals surface area contributed by atoms with Crippen molar-refractivity contribution >= 4 is 34.1 Å². The average molecular weight is 391 g/mol. The molecule has 144 valence electrons. The predicted molar refractivity (Wildman–Crippen MR) is 103 cm³/mol. The lowest BCUT2D eigenvalue weighted by molar-refractivity contribution is -0.134. The number of nitrogens with one attached hydrogen (secondary N) is 1. The lowest BCUT2D eigenvalue weighted by Crippen LogP contribution is -2.25. The summed E-state index contributed by atoms with van der Waals surface area (Å²) < 4.78 is 5.34. The average Bonchev–Trinajstić information content (AvgIpc) is 3.02. The SMILES string of the molecule is COc1ccccc1Nc1nc2c(s1)CN(C)CC2.O=C(O)/C=C/C(=O)O. The van der Waals surface area contributed by atoms with Gasteiger partial charge in [0, 0.05) is 36.5 Å². The van der Waals surface area contributed by atoms with Gasteiger partial charge in [0.15, 0.2) is 5.13 Å². The molecule has 27 heavy (non-hydrogen) atoms. The number of fused-ring (bicyclic) bond motifs is 1. The highest BCUT2D eigenvalue weighted by Gasteiger charge is 2.18. The number of nitrogens with zero attached hydrogens (tertiary/aromatic N) is 2. The third-order valence-corrected chi connectivity index (χ3v) is 4.64. The number of aromatic nitrogens is 1. The number of likely N-dealkylation sites (N-methyl/N-ethyl adjacent to an activating group) is 1. The normalized spacial score (nSPS) is 13.4. The van der Waals surface area contributed by atoms with Crippen LogP contribution in [-0.2, 0) is 22.6 Å². The fourth-order valence-corrected chi connectivity index (χ4v) is 3.48. The molecule has 0 bridgehead atoms. The number of hydrogen-bond donors (Lipinski definition) is 3. The van der Waals surface area contributed by atoms with Crippen LogP contribution in [0.3, 0.4) is 0 Å². The third kappa shape index (κ3) is 6.39. The summed E-state index contributed by atoms with van der Waals surface area (Å²) >= 11 is 1.73. The number of thiazole rings is 1. The summed E-state index contributed by atoms with van der Waals surface area (Å²) in [6.45, 7) is 2.09. The van der Waals surface area contributed by atoms with Gasteiger partial charge >= 0.3 is 11.9 Å². The van der Waals surface area contributed by atoms with Gasteiger partial charge in [-0.15, -0.1) is 11.3 Å².